The number of hydrogen-bond acceptors (Lipinski definition) is 3. The van der Waals surface area contributed by atoms with Crippen LogP contribution >= 0.6 is 22.6 Å². The number of benzene rings is 1. The number of amides is 1. The Morgan fingerprint density at radius 2 is 2.40 bits per heavy atom. The van der Waals surface area contributed by atoms with Crippen LogP contribution in [-0.2, 0) is 4.74 Å². The van der Waals surface area contributed by atoms with Crippen LogP contribution in [0.2, 0.25) is 0 Å². The molecule has 0 bridgehead atoms. The van der Waals surface area contributed by atoms with Crippen LogP contribution in [0.3, 0.4) is 0 Å². The van der Waals surface area contributed by atoms with E-state index in [1.807, 2.05) is 24.3 Å². The van der Waals surface area contributed by atoms with E-state index in [1.54, 1.807) is 0 Å². The van der Waals surface area contributed by atoms with Crippen molar-refractivity contribution in [3.05, 3.63) is 33.4 Å². The van der Waals surface area contributed by atoms with Gasteiger partial charge in [0.25, 0.3) is 5.91 Å². The zero-order valence-electron chi connectivity index (χ0n) is 11.3. The van der Waals surface area contributed by atoms with E-state index in [0.717, 1.165) is 16.7 Å². The molecule has 2 saturated heterocycles. The molecule has 108 valence electrons. The van der Waals surface area contributed by atoms with Crippen molar-refractivity contribution in [2.24, 2.45) is 0 Å². The van der Waals surface area contributed by atoms with Crippen LogP contribution in [-0.4, -0.2) is 49.2 Å². The summed E-state index contributed by atoms with van der Waals surface area (Å²) in [5.74, 6) is -0.0179. The first kappa shape index (κ1) is 14.3. The highest BCUT2D eigenvalue weighted by molar-refractivity contribution is 14.1. The Labute approximate surface area is 133 Å². The van der Waals surface area contributed by atoms with Gasteiger partial charge in [0.15, 0.2) is 0 Å². The monoisotopic (exact) mass is 386 g/mol. The molecule has 1 amide bonds. The summed E-state index contributed by atoms with van der Waals surface area (Å²) in [6, 6.07) is 8.24. The molecule has 2 heterocycles. The largest absolute Gasteiger partial charge is 0.373 e. The molecule has 0 saturated carbocycles. The lowest BCUT2D eigenvalue weighted by atomic mass is 10.2. The van der Waals surface area contributed by atoms with Gasteiger partial charge in [-0.3, -0.25) is 9.69 Å². The molecule has 20 heavy (non-hydrogen) atoms. The first-order valence-electron chi connectivity index (χ1n) is 7.12. The van der Waals surface area contributed by atoms with E-state index in [0.29, 0.717) is 18.2 Å². The van der Waals surface area contributed by atoms with E-state index in [2.05, 4.69) is 32.8 Å². The molecule has 1 aromatic rings. The van der Waals surface area contributed by atoms with Crippen molar-refractivity contribution in [2.45, 2.75) is 25.0 Å². The number of hydrogen-bond donors (Lipinski definition) is 1. The maximum atomic E-state index is 12.1. The molecule has 0 unspecified atom stereocenters. The van der Waals surface area contributed by atoms with E-state index in [9.17, 15) is 4.79 Å². The van der Waals surface area contributed by atoms with Gasteiger partial charge in [-0.05, 0) is 60.2 Å². The van der Waals surface area contributed by atoms with Gasteiger partial charge in [-0.1, -0.05) is 6.07 Å². The maximum Gasteiger partial charge on any atom is 0.251 e. The number of fused-ring (bicyclic) bond motifs is 1. The summed E-state index contributed by atoms with van der Waals surface area (Å²) in [4.78, 5) is 14.6. The van der Waals surface area contributed by atoms with Gasteiger partial charge in [0.2, 0.25) is 0 Å². The Balaban J connectivity index is 1.51. The van der Waals surface area contributed by atoms with Crippen LogP contribution in [0.4, 0.5) is 0 Å². The average molecular weight is 386 g/mol. The fraction of sp³-hybridized carbons (Fsp3) is 0.533. The number of halogens is 1. The molecule has 0 spiro atoms. The standard InChI is InChI=1S/C15H19IN2O2/c16-12-4-1-3-11(7-12)15(19)17-8-14-9-18-6-2-5-13(18)10-20-14/h1,3-4,7,13-14H,2,5-6,8-10H2,(H,17,19)/t13-,14+/m0/s1. The van der Waals surface area contributed by atoms with E-state index in [4.69, 9.17) is 4.74 Å². The van der Waals surface area contributed by atoms with Crippen LogP contribution in [0.25, 0.3) is 0 Å². The summed E-state index contributed by atoms with van der Waals surface area (Å²) in [5, 5.41) is 2.98. The zero-order chi connectivity index (χ0) is 13.9. The normalized spacial score (nSPS) is 26.2. The SMILES string of the molecule is O=C(NC[C@@H]1CN2CCC[C@H]2CO1)c1cccc(I)c1. The van der Waals surface area contributed by atoms with Crippen LogP contribution in [0.5, 0.6) is 0 Å². The first-order valence-corrected chi connectivity index (χ1v) is 8.19. The van der Waals surface area contributed by atoms with Crippen molar-refractivity contribution in [1.82, 2.24) is 10.2 Å². The summed E-state index contributed by atoms with van der Waals surface area (Å²) in [6.45, 7) is 3.52. The molecular formula is C15H19IN2O2. The molecule has 2 atom stereocenters. The predicted octanol–water partition coefficient (Wildman–Crippen LogP) is 1.88. The lowest BCUT2D eigenvalue weighted by Crippen LogP contribution is -2.50. The van der Waals surface area contributed by atoms with Crippen molar-refractivity contribution in [3.8, 4) is 0 Å². The van der Waals surface area contributed by atoms with Crippen molar-refractivity contribution < 1.29 is 9.53 Å². The number of nitrogens with one attached hydrogen (secondary N) is 1. The van der Waals surface area contributed by atoms with Crippen molar-refractivity contribution in [1.29, 1.82) is 0 Å². The van der Waals surface area contributed by atoms with E-state index >= 15 is 0 Å². The molecule has 0 aromatic heterocycles. The Bertz CT molecular complexity index is 495. The molecule has 2 fully saturated rings. The molecule has 1 aromatic carbocycles. The molecular weight excluding hydrogens is 367 g/mol. The Morgan fingerprint density at radius 1 is 1.50 bits per heavy atom. The van der Waals surface area contributed by atoms with Gasteiger partial charge in [-0.2, -0.15) is 0 Å². The van der Waals surface area contributed by atoms with Gasteiger partial charge in [-0.15, -0.1) is 0 Å². The van der Waals surface area contributed by atoms with Crippen LogP contribution in [0, 0.1) is 3.57 Å². The highest BCUT2D eigenvalue weighted by atomic mass is 127. The Kier molecular flexibility index (Phi) is 4.58. The van der Waals surface area contributed by atoms with Gasteiger partial charge in [0.05, 0.1) is 12.7 Å². The smallest absolute Gasteiger partial charge is 0.251 e. The number of carbonyl (C=O) groups excluding carboxylic acids is 1. The van der Waals surface area contributed by atoms with E-state index in [1.165, 1.54) is 19.4 Å². The third kappa shape index (κ3) is 3.32. The van der Waals surface area contributed by atoms with Gasteiger partial charge in [0.1, 0.15) is 0 Å². The minimum absolute atomic E-state index is 0.0179. The second-order valence-electron chi connectivity index (χ2n) is 5.47. The van der Waals surface area contributed by atoms with Gasteiger partial charge in [-0.25, -0.2) is 0 Å². The number of carbonyl (C=O) groups is 1. The highest BCUT2D eigenvalue weighted by Gasteiger charge is 2.32. The summed E-state index contributed by atoms with van der Waals surface area (Å²) < 4.78 is 6.92. The molecule has 2 aliphatic heterocycles. The number of morpholine rings is 1. The second-order valence-corrected chi connectivity index (χ2v) is 6.71. The van der Waals surface area contributed by atoms with Crippen molar-refractivity contribution >= 4 is 28.5 Å². The number of ether oxygens (including phenoxy) is 1. The summed E-state index contributed by atoms with van der Waals surface area (Å²) in [6.07, 6.45) is 2.65. The fourth-order valence-electron chi connectivity index (χ4n) is 2.95. The highest BCUT2D eigenvalue weighted by Crippen LogP contribution is 2.22. The predicted molar refractivity (Wildman–Crippen MR) is 85.8 cm³/mol. The van der Waals surface area contributed by atoms with E-state index in [-0.39, 0.29) is 12.0 Å². The van der Waals surface area contributed by atoms with Gasteiger partial charge < -0.3 is 10.1 Å². The summed E-state index contributed by atoms with van der Waals surface area (Å²) >= 11 is 2.22. The maximum absolute atomic E-state index is 12.1. The first-order chi connectivity index (χ1) is 9.72. The molecule has 1 N–H and O–H groups in total. The van der Waals surface area contributed by atoms with Crippen LogP contribution < -0.4 is 5.32 Å². The van der Waals surface area contributed by atoms with Crippen molar-refractivity contribution in [2.75, 3.05) is 26.2 Å². The minimum atomic E-state index is -0.0179. The molecule has 5 heteroatoms. The van der Waals surface area contributed by atoms with E-state index < -0.39 is 0 Å². The van der Waals surface area contributed by atoms with Crippen LogP contribution in [0.1, 0.15) is 23.2 Å². The second kappa shape index (κ2) is 6.41. The number of rotatable bonds is 3. The molecule has 0 radical (unpaired) electrons. The molecule has 0 aliphatic carbocycles. The molecule has 2 aliphatic rings. The third-order valence-electron chi connectivity index (χ3n) is 4.04. The fourth-order valence-corrected chi connectivity index (χ4v) is 3.49. The molecule has 4 nitrogen and oxygen atoms in total. The zero-order valence-corrected chi connectivity index (χ0v) is 13.5. The third-order valence-corrected chi connectivity index (χ3v) is 4.71. The summed E-state index contributed by atoms with van der Waals surface area (Å²) in [5.41, 5.74) is 0.715. The number of nitrogens with zero attached hydrogens (tertiary/aromatic N) is 1. The Hall–Kier alpha value is -0.660. The quantitative estimate of drug-likeness (QED) is 0.807. The average Bonchev–Trinajstić information content (AvgIpc) is 2.92. The summed E-state index contributed by atoms with van der Waals surface area (Å²) in [7, 11) is 0. The lowest BCUT2D eigenvalue weighted by molar-refractivity contribution is -0.0461. The topological polar surface area (TPSA) is 41.6 Å². The lowest BCUT2D eigenvalue weighted by Gasteiger charge is -2.35. The molecule has 3 rings (SSSR count). The van der Waals surface area contributed by atoms with Crippen LogP contribution in [0.15, 0.2) is 24.3 Å². The van der Waals surface area contributed by atoms with Gasteiger partial charge in [0, 0.05) is 28.3 Å². The Morgan fingerprint density at radius 3 is 3.25 bits per heavy atom. The van der Waals surface area contributed by atoms with Crippen molar-refractivity contribution in [3.63, 3.8) is 0 Å². The van der Waals surface area contributed by atoms with Gasteiger partial charge >= 0.3 is 0 Å². The minimum Gasteiger partial charge on any atom is -0.373 e.